The molecule has 0 saturated carbocycles. The van der Waals surface area contributed by atoms with Gasteiger partial charge in [-0.3, -0.25) is 19.2 Å². The van der Waals surface area contributed by atoms with Crippen LogP contribution in [-0.4, -0.2) is 63.9 Å². The van der Waals surface area contributed by atoms with Crippen molar-refractivity contribution in [3.05, 3.63) is 52.0 Å². The molecule has 0 fully saturated rings. The zero-order valence-corrected chi connectivity index (χ0v) is 28.1. The molecule has 4 N–H and O–H groups in total. The minimum Gasteiger partial charge on any atom is -0.481 e. The monoisotopic (exact) mass is 630 g/mol. The molecule has 244 valence electrons. The van der Waals surface area contributed by atoms with Gasteiger partial charge in [0.1, 0.15) is 10.7 Å². The number of carbonyl (C=O) groups excluding carboxylic acids is 3. The number of hydrogen-bond acceptors (Lipinski definition) is 8. The second-order valence-electron chi connectivity index (χ2n) is 12.4. The van der Waals surface area contributed by atoms with Gasteiger partial charge in [-0.2, -0.15) is 0 Å². The number of nitrogens with one attached hydrogen (secondary N) is 1. The van der Waals surface area contributed by atoms with E-state index in [0.717, 1.165) is 12.0 Å². The summed E-state index contributed by atoms with van der Waals surface area (Å²) >= 11 is 1.21. The van der Waals surface area contributed by atoms with Gasteiger partial charge in [0.15, 0.2) is 6.10 Å². The summed E-state index contributed by atoms with van der Waals surface area (Å²) < 4.78 is 5.91. The van der Waals surface area contributed by atoms with Gasteiger partial charge in [0.05, 0.1) is 17.9 Å². The van der Waals surface area contributed by atoms with Crippen LogP contribution in [0.2, 0.25) is 0 Å². The number of likely N-dealkylation sites (N-methyl/N-ethyl adjacent to an activating group) is 1. The first-order chi connectivity index (χ1) is 20.7. The summed E-state index contributed by atoms with van der Waals surface area (Å²) in [5.41, 5.74) is 7.41. The van der Waals surface area contributed by atoms with E-state index in [-0.39, 0.29) is 48.2 Å². The van der Waals surface area contributed by atoms with Crippen LogP contribution < -0.4 is 11.1 Å². The van der Waals surface area contributed by atoms with Gasteiger partial charge in [0.2, 0.25) is 5.91 Å². The van der Waals surface area contributed by atoms with Crippen molar-refractivity contribution in [3.8, 4) is 0 Å². The molecule has 2 aromatic rings. The van der Waals surface area contributed by atoms with E-state index in [9.17, 15) is 24.3 Å². The number of carboxylic acids is 1. The Kier molecular flexibility index (Phi) is 14.5. The highest BCUT2D eigenvalue weighted by molar-refractivity contribution is 7.09. The van der Waals surface area contributed by atoms with Gasteiger partial charge >= 0.3 is 11.9 Å². The largest absolute Gasteiger partial charge is 0.481 e. The molecule has 1 heterocycles. The Morgan fingerprint density at radius 3 is 2.23 bits per heavy atom. The van der Waals surface area contributed by atoms with Crippen LogP contribution in [0.15, 0.2) is 35.7 Å². The number of amides is 2. The van der Waals surface area contributed by atoms with Gasteiger partial charge in [0.25, 0.3) is 5.91 Å². The van der Waals surface area contributed by atoms with Crippen LogP contribution in [0.1, 0.15) is 94.9 Å². The average Bonchev–Trinajstić information content (AvgIpc) is 3.48. The van der Waals surface area contributed by atoms with E-state index >= 15 is 0 Å². The van der Waals surface area contributed by atoms with E-state index in [1.165, 1.54) is 11.3 Å². The number of carbonyl (C=O) groups is 4. The normalized spacial score (nSPS) is 15.6. The maximum Gasteiger partial charge on any atom is 0.309 e. The predicted octanol–water partition coefficient (Wildman–Crippen LogP) is 5.08. The number of nitrogens with two attached hydrogens (primary N) is 1. The summed E-state index contributed by atoms with van der Waals surface area (Å²) in [5.74, 6) is -2.96. The van der Waals surface area contributed by atoms with E-state index < -0.39 is 42.0 Å². The van der Waals surface area contributed by atoms with Crippen molar-refractivity contribution in [1.29, 1.82) is 0 Å². The Hall–Kier alpha value is -3.31. The minimum atomic E-state index is -0.934. The lowest BCUT2D eigenvalue weighted by atomic mass is 9.93. The lowest BCUT2D eigenvalue weighted by Gasteiger charge is -2.36. The molecule has 10 nitrogen and oxygen atoms in total. The number of nitrogens with zero attached hydrogens (tertiary/aromatic N) is 2. The highest BCUT2D eigenvalue weighted by atomic mass is 32.1. The van der Waals surface area contributed by atoms with Crippen LogP contribution in [0.4, 0.5) is 0 Å². The average molecular weight is 631 g/mol. The number of hydrogen-bond donors (Lipinski definition) is 3. The van der Waals surface area contributed by atoms with Crippen molar-refractivity contribution in [2.24, 2.45) is 29.4 Å². The first kappa shape index (κ1) is 36.9. The Labute approximate surface area is 265 Å². The summed E-state index contributed by atoms with van der Waals surface area (Å²) in [5, 5.41) is 14.5. The number of aliphatic carboxylic acids is 1. The quantitative estimate of drug-likeness (QED) is 0.205. The number of thiazole rings is 1. The summed E-state index contributed by atoms with van der Waals surface area (Å²) in [6.07, 6.45) is 0.980. The van der Waals surface area contributed by atoms with Crippen LogP contribution >= 0.6 is 11.3 Å². The van der Waals surface area contributed by atoms with Crippen molar-refractivity contribution < 1.29 is 29.0 Å². The van der Waals surface area contributed by atoms with E-state index in [2.05, 4.69) is 10.3 Å². The third-order valence-corrected chi connectivity index (χ3v) is 9.03. The van der Waals surface area contributed by atoms with E-state index in [0.29, 0.717) is 11.4 Å². The maximum atomic E-state index is 13.4. The Balaban J connectivity index is 2.33. The molecular formula is C33H50N4O6S. The van der Waals surface area contributed by atoms with Crippen LogP contribution in [-0.2, 0) is 25.5 Å². The zero-order chi connectivity index (χ0) is 33.1. The Morgan fingerprint density at radius 1 is 1.05 bits per heavy atom. The lowest BCUT2D eigenvalue weighted by Crippen LogP contribution is -2.51. The molecule has 11 heteroatoms. The van der Waals surface area contributed by atoms with Crippen molar-refractivity contribution in [2.45, 2.75) is 98.4 Å². The molecule has 0 aliphatic carbocycles. The topological polar surface area (TPSA) is 152 Å². The molecule has 2 unspecified atom stereocenters. The molecule has 0 bridgehead atoms. The Bertz CT molecular complexity index is 1230. The molecule has 2 rings (SSSR count). The smallest absolute Gasteiger partial charge is 0.309 e. The molecule has 0 radical (unpaired) electrons. The molecular weight excluding hydrogens is 580 g/mol. The van der Waals surface area contributed by atoms with Gasteiger partial charge in [-0.25, -0.2) is 4.98 Å². The Morgan fingerprint density at radius 2 is 1.68 bits per heavy atom. The van der Waals surface area contributed by atoms with Crippen LogP contribution in [0.25, 0.3) is 0 Å². The van der Waals surface area contributed by atoms with Gasteiger partial charge < -0.3 is 25.8 Å². The van der Waals surface area contributed by atoms with Gasteiger partial charge in [-0.05, 0) is 30.2 Å². The third-order valence-electron chi connectivity index (χ3n) is 8.09. The second kappa shape index (κ2) is 17.2. The van der Waals surface area contributed by atoms with Crippen LogP contribution in [0.3, 0.4) is 0 Å². The SMILES string of the molecule is CC[C@H](C)[C@H](N)C(=O)N(C)[C@H](C[C@@H](OC(=O)C(C)C)c1nc(C(=O)NC(Cc2ccccc2)CC(C)C(=O)O)cs1)C(C)C. The molecule has 0 spiro atoms. The number of aromatic nitrogens is 1. The molecule has 1 aromatic carbocycles. The first-order valence-electron chi connectivity index (χ1n) is 15.4. The van der Waals surface area contributed by atoms with Gasteiger partial charge in [-0.15, -0.1) is 11.3 Å². The molecule has 0 saturated heterocycles. The fourth-order valence-electron chi connectivity index (χ4n) is 4.89. The number of esters is 1. The predicted molar refractivity (Wildman–Crippen MR) is 172 cm³/mol. The summed E-state index contributed by atoms with van der Waals surface area (Å²) in [7, 11) is 1.72. The van der Waals surface area contributed by atoms with E-state index in [4.69, 9.17) is 10.5 Å². The van der Waals surface area contributed by atoms with Crippen molar-refractivity contribution in [2.75, 3.05) is 7.05 Å². The molecule has 44 heavy (non-hydrogen) atoms. The maximum absolute atomic E-state index is 13.4. The molecule has 2 amide bonds. The van der Waals surface area contributed by atoms with Crippen LogP contribution in [0, 0.1) is 23.7 Å². The minimum absolute atomic E-state index is 0.0107. The van der Waals surface area contributed by atoms with E-state index in [1.807, 2.05) is 58.0 Å². The number of carboxylic acid groups (broad SMARTS) is 1. The van der Waals surface area contributed by atoms with Gasteiger partial charge in [0, 0.05) is 30.9 Å². The fourth-order valence-corrected chi connectivity index (χ4v) is 5.73. The number of benzene rings is 1. The van der Waals surface area contributed by atoms with Gasteiger partial charge in [-0.1, -0.05) is 85.2 Å². The highest BCUT2D eigenvalue weighted by Gasteiger charge is 2.34. The number of ether oxygens (including phenoxy) is 1. The second-order valence-corrected chi connectivity index (χ2v) is 13.3. The molecule has 6 atom stereocenters. The highest BCUT2D eigenvalue weighted by Crippen LogP contribution is 2.31. The standard InChI is InChI=1S/C33H50N4O6S/c1-9-21(6)28(34)31(39)37(8)26(19(2)3)17-27(43-33(42)20(4)5)30-36-25(18-44-30)29(38)35-24(15-22(7)32(40)41)16-23-13-11-10-12-14-23/h10-14,18-22,24,26-28H,9,15-17,34H2,1-8H3,(H,35,38)(H,40,41)/t21-,22?,24?,26+,27+,28-/m0/s1. The summed E-state index contributed by atoms with van der Waals surface area (Å²) in [6.45, 7) is 13.0. The number of rotatable bonds is 17. The van der Waals surface area contributed by atoms with Crippen LogP contribution in [0.5, 0.6) is 0 Å². The van der Waals surface area contributed by atoms with Crippen molar-refractivity contribution in [1.82, 2.24) is 15.2 Å². The van der Waals surface area contributed by atoms with Crippen molar-refractivity contribution in [3.63, 3.8) is 0 Å². The summed E-state index contributed by atoms with van der Waals surface area (Å²) in [4.78, 5) is 57.2. The third kappa shape index (κ3) is 10.7. The van der Waals surface area contributed by atoms with Crippen molar-refractivity contribution >= 4 is 35.1 Å². The zero-order valence-electron chi connectivity index (χ0n) is 27.3. The first-order valence-corrected chi connectivity index (χ1v) is 16.3. The summed E-state index contributed by atoms with van der Waals surface area (Å²) in [6, 6.07) is 8.16. The molecule has 0 aliphatic heterocycles. The van der Waals surface area contributed by atoms with E-state index in [1.54, 1.807) is 38.1 Å². The fraction of sp³-hybridized carbons (Fsp3) is 0.606. The lowest BCUT2D eigenvalue weighted by molar-refractivity contribution is -0.155. The molecule has 1 aromatic heterocycles. The molecule has 0 aliphatic rings.